The molecule has 7 nitrogen and oxygen atoms in total. The molecule has 13 heavy (non-hydrogen) atoms. The number of rotatable bonds is 0. The molecule has 0 aliphatic rings. The molecule has 0 radical (unpaired) electrons. The van der Waals surface area contributed by atoms with Crippen LogP contribution in [0.2, 0.25) is 0 Å². The van der Waals surface area contributed by atoms with E-state index in [-0.39, 0.29) is 5.48 Å². The molecule has 0 unspecified atom stereocenters. The Labute approximate surface area is 74.9 Å². The van der Waals surface area contributed by atoms with Crippen molar-refractivity contribution in [1.29, 1.82) is 0 Å². The van der Waals surface area contributed by atoms with E-state index in [0.29, 0.717) is 0 Å². The van der Waals surface area contributed by atoms with Gasteiger partial charge in [-0.2, -0.15) is 0 Å². The normalized spacial score (nSPS) is 5.77. The maximum absolute atomic E-state index is 8.89. The summed E-state index contributed by atoms with van der Waals surface area (Å²) in [5.41, 5.74) is 0. The molecule has 0 aromatic carbocycles. The summed E-state index contributed by atoms with van der Waals surface area (Å²) in [6, 6.07) is 0. The number of aliphatic carboxylic acids is 3. The molecule has 0 aromatic heterocycles. The molecule has 0 rings (SSSR count). The highest BCUT2D eigenvalue weighted by Gasteiger charge is 1.47. The summed E-state index contributed by atoms with van der Waals surface area (Å²) < 4.78 is 0. The van der Waals surface area contributed by atoms with Crippen molar-refractivity contribution in [3.63, 3.8) is 0 Å². The summed E-state index contributed by atoms with van der Waals surface area (Å²) in [4.78, 5) is 26.7. The Morgan fingerprint density at radius 2 is 0.692 bits per heavy atom. The highest BCUT2D eigenvalue weighted by Crippen LogP contribution is 1.31. The average Bonchev–Trinajstić information content (AvgIpc) is 1.54. The van der Waals surface area contributed by atoms with E-state index in [1.165, 1.54) is 0 Å². The van der Waals surface area contributed by atoms with Crippen LogP contribution in [0.3, 0.4) is 0 Å². The second-order valence-corrected chi connectivity index (χ2v) is 1.47. The van der Waals surface area contributed by atoms with Gasteiger partial charge in [0.1, 0.15) is 0 Å². The zero-order valence-corrected chi connectivity index (χ0v) is 7.45. The van der Waals surface area contributed by atoms with Gasteiger partial charge in [0.2, 0.25) is 0 Å². The first-order valence-electron chi connectivity index (χ1n) is 2.72. The molecule has 0 heterocycles. The number of hydrogen-bond donors (Lipinski definition) is 0. The maximum Gasteiger partial charge on any atom is 0.0383 e. The molecule has 0 bridgehead atoms. The molecule has 0 spiro atoms. The third kappa shape index (κ3) is 273. The zero-order chi connectivity index (χ0) is 10.7. The van der Waals surface area contributed by atoms with Crippen molar-refractivity contribution in [2.75, 3.05) is 0 Å². The molecule has 0 fully saturated rings. The second-order valence-electron chi connectivity index (χ2n) is 1.47. The van der Waals surface area contributed by atoms with Crippen molar-refractivity contribution in [2.45, 2.75) is 20.8 Å². The van der Waals surface area contributed by atoms with Crippen LogP contribution in [0, 0.1) is 0 Å². The van der Waals surface area contributed by atoms with Gasteiger partial charge in [0.15, 0.2) is 0 Å². The predicted octanol–water partition coefficient (Wildman–Crippen LogP) is -4.56. The van der Waals surface area contributed by atoms with Crippen LogP contribution >= 0.6 is 0 Å². The van der Waals surface area contributed by atoms with Gasteiger partial charge < -0.3 is 35.2 Å². The van der Waals surface area contributed by atoms with Crippen molar-refractivity contribution < 1.29 is 35.2 Å². The summed E-state index contributed by atoms with van der Waals surface area (Å²) >= 11 is 0. The monoisotopic (exact) mass is 195 g/mol. The van der Waals surface area contributed by atoms with E-state index in [1.54, 1.807) is 0 Å². The predicted molar refractivity (Wildman–Crippen MR) is 35.7 cm³/mol. The molecule has 80 valence electrons. The SMILES string of the molecule is CC(=O)[O-].CC(=O)[O-].CC(=O)[O-].O. The van der Waals surface area contributed by atoms with Crippen LogP contribution in [-0.2, 0) is 14.4 Å². The lowest BCUT2D eigenvalue weighted by Crippen LogP contribution is -2.16. The van der Waals surface area contributed by atoms with Crippen LogP contribution in [0.15, 0.2) is 0 Å². The van der Waals surface area contributed by atoms with Crippen molar-refractivity contribution in [1.82, 2.24) is 0 Å². The largest absolute Gasteiger partial charge is 0.550 e. The Morgan fingerprint density at radius 3 is 0.692 bits per heavy atom. The fourth-order valence-electron chi connectivity index (χ4n) is 0. The van der Waals surface area contributed by atoms with E-state index in [9.17, 15) is 0 Å². The standard InChI is InChI=1S/3C2H4O2.H2O/c3*1-2(3)4;/h3*1H3,(H,3,4);1H2/p-3. The van der Waals surface area contributed by atoms with Gasteiger partial charge in [0.05, 0.1) is 0 Å². The second kappa shape index (κ2) is 16.8. The van der Waals surface area contributed by atoms with Gasteiger partial charge in [-0.1, -0.05) is 0 Å². The Morgan fingerprint density at radius 1 is 0.692 bits per heavy atom. The molecule has 0 atom stereocenters. The molecule has 0 saturated carbocycles. The van der Waals surface area contributed by atoms with Gasteiger partial charge in [0.25, 0.3) is 0 Å². The van der Waals surface area contributed by atoms with Gasteiger partial charge >= 0.3 is 0 Å². The summed E-state index contributed by atoms with van der Waals surface area (Å²) in [6.45, 7) is 2.92. The van der Waals surface area contributed by atoms with E-state index in [2.05, 4.69) is 0 Å². The fourth-order valence-corrected chi connectivity index (χ4v) is 0. The molecule has 0 aromatic rings. The minimum atomic E-state index is -1.08. The Bertz CT molecular complexity index is 111. The minimum absolute atomic E-state index is 0. The van der Waals surface area contributed by atoms with Crippen LogP contribution in [0.1, 0.15) is 20.8 Å². The Kier molecular flexibility index (Phi) is 29.0. The first-order valence-corrected chi connectivity index (χ1v) is 2.72. The molecule has 0 aliphatic heterocycles. The lowest BCUT2D eigenvalue weighted by molar-refractivity contribution is -0.303. The highest BCUT2D eigenvalue weighted by atomic mass is 16.4. The molecule has 7 heteroatoms. The lowest BCUT2D eigenvalue weighted by Gasteiger charge is -1.77. The number of hydrogen-bond acceptors (Lipinski definition) is 6. The molecule has 2 N–H and O–H groups in total. The summed E-state index contributed by atoms with van der Waals surface area (Å²) in [7, 11) is 0. The van der Waals surface area contributed by atoms with E-state index in [0.717, 1.165) is 20.8 Å². The number of carbonyl (C=O) groups is 3. The smallest absolute Gasteiger partial charge is 0.0383 e. The van der Waals surface area contributed by atoms with Gasteiger partial charge in [-0.15, -0.1) is 0 Å². The highest BCUT2D eigenvalue weighted by molar-refractivity contribution is 5.60. The molecular formula is C6H11O7-3. The van der Waals surface area contributed by atoms with Crippen LogP contribution in [0.5, 0.6) is 0 Å². The number of carbonyl (C=O) groups excluding carboxylic acids is 3. The van der Waals surface area contributed by atoms with E-state index >= 15 is 0 Å². The van der Waals surface area contributed by atoms with Gasteiger partial charge in [-0.05, 0) is 20.8 Å². The van der Waals surface area contributed by atoms with Crippen LogP contribution < -0.4 is 15.3 Å². The molecule has 0 amide bonds. The van der Waals surface area contributed by atoms with Crippen molar-refractivity contribution in [2.24, 2.45) is 0 Å². The Hall–Kier alpha value is -1.63. The van der Waals surface area contributed by atoms with Crippen LogP contribution in [-0.4, -0.2) is 23.4 Å². The number of carboxylic acid groups (broad SMARTS) is 3. The summed E-state index contributed by atoms with van der Waals surface area (Å²) in [6.07, 6.45) is 0. The van der Waals surface area contributed by atoms with Crippen LogP contribution in [0.4, 0.5) is 0 Å². The van der Waals surface area contributed by atoms with Crippen LogP contribution in [0.25, 0.3) is 0 Å². The maximum atomic E-state index is 8.89. The average molecular weight is 195 g/mol. The zero-order valence-electron chi connectivity index (χ0n) is 7.45. The number of carboxylic acids is 3. The molecule has 0 aliphatic carbocycles. The quantitative estimate of drug-likeness (QED) is 0.379. The molecular weight excluding hydrogens is 184 g/mol. The fraction of sp³-hybridized carbons (Fsp3) is 0.500. The molecule has 0 saturated heterocycles. The summed E-state index contributed by atoms with van der Waals surface area (Å²) in [5, 5.41) is 26.7. The minimum Gasteiger partial charge on any atom is -0.550 e. The topological polar surface area (TPSA) is 152 Å². The van der Waals surface area contributed by atoms with E-state index in [1.807, 2.05) is 0 Å². The van der Waals surface area contributed by atoms with Gasteiger partial charge in [-0.3, -0.25) is 0 Å². The van der Waals surface area contributed by atoms with Crippen molar-refractivity contribution in [3.05, 3.63) is 0 Å². The first kappa shape index (κ1) is 22.5. The summed E-state index contributed by atoms with van der Waals surface area (Å²) in [5.74, 6) is -3.25. The Balaban J connectivity index is -0.0000000450. The third-order valence-corrected chi connectivity index (χ3v) is 0. The van der Waals surface area contributed by atoms with Crippen molar-refractivity contribution >= 4 is 17.9 Å². The van der Waals surface area contributed by atoms with Gasteiger partial charge in [0, 0.05) is 17.9 Å². The third-order valence-electron chi connectivity index (χ3n) is 0. The van der Waals surface area contributed by atoms with E-state index in [4.69, 9.17) is 29.7 Å². The van der Waals surface area contributed by atoms with E-state index < -0.39 is 17.9 Å². The van der Waals surface area contributed by atoms with Gasteiger partial charge in [-0.25, -0.2) is 0 Å². The first-order chi connectivity index (χ1) is 5.20. The lowest BCUT2D eigenvalue weighted by atomic mass is 10.9. The van der Waals surface area contributed by atoms with Crippen molar-refractivity contribution in [3.8, 4) is 0 Å².